The van der Waals surface area contributed by atoms with E-state index in [9.17, 15) is 14.7 Å². The van der Waals surface area contributed by atoms with E-state index >= 15 is 4.39 Å². The van der Waals surface area contributed by atoms with Gasteiger partial charge >= 0.3 is 5.97 Å². The van der Waals surface area contributed by atoms with Crippen LogP contribution in [-0.2, 0) is 16.0 Å². The van der Waals surface area contributed by atoms with Crippen molar-refractivity contribution in [1.82, 2.24) is 4.90 Å². The number of aliphatic hydroxyl groups is 1. The van der Waals surface area contributed by atoms with Crippen molar-refractivity contribution in [2.45, 2.75) is 75.3 Å². The fourth-order valence-electron chi connectivity index (χ4n) is 8.53. The lowest BCUT2D eigenvalue weighted by atomic mass is 9.96. The van der Waals surface area contributed by atoms with Crippen LogP contribution in [0.2, 0.25) is 10.0 Å². The number of amides is 1. The number of para-hydroxylation sites is 1. The average molecular weight is 697 g/mol. The van der Waals surface area contributed by atoms with E-state index in [2.05, 4.69) is 9.80 Å². The molecule has 5 aliphatic heterocycles. The summed E-state index contributed by atoms with van der Waals surface area (Å²) in [6, 6.07) is 12.6. The fraction of sp³-hybridized carbons (Fsp3) is 0.444. The van der Waals surface area contributed by atoms with Gasteiger partial charge in [0, 0.05) is 34.5 Å². The maximum Gasteiger partial charge on any atom is 0.340 e. The first-order chi connectivity index (χ1) is 23.2. The summed E-state index contributed by atoms with van der Waals surface area (Å²) in [5.74, 6) is -1.08. The van der Waals surface area contributed by atoms with Gasteiger partial charge in [-0.15, -0.1) is 0 Å². The molecule has 4 saturated heterocycles. The Morgan fingerprint density at radius 2 is 1.58 bits per heavy atom. The van der Waals surface area contributed by atoms with Crippen molar-refractivity contribution in [2.75, 3.05) is 36.9 Å². The topological polar surface area (TPSA) is 91.8 Å². The van der Waals surface area contributed by atoms with Crippen LogP contribution in [0, 0.1) is 5.82 Å². The molecule has 252 valence electrons. The molecule has 0 aromatic heterocycles. The molecule has 0 aliphatic carbocycles. The molecule has 0 spiro atoms. The van der Waals surface area contributed by atoms with E-state index in [0.29, 0.717) is 54.2 Å². The van der Waals surface area contributed by atoms with Crippen LogP contribution < -0.4 is 14.5 Å². The van der Waals surface area contributed by atoms with Crippen LogP contribution in [0.1, 0.15) is 64.8 Å². The fourth-order valence-corrected chi connectivity index (χ4v) is 9.17. The Morgan fingerprint density at radius 1 is 0.917 bits per heavy atom. The van der Waals surface area contributed by atoms with Crippen LogP contribution in [0.3, 0.4) is 0 Å². The maximum atomic E-state index is 15.9. The number of morpholine rings is 1. The normalized spacial score (nSPS) is 25.9. The third-order valence-corrected chi connectivity index (χ3v) is 11.3. The molecule has 4 bridgehead atoms. The second-order valence-electron chi connectivity index (χ2n) is 13.4. The minimum Gasteiger partial charge on any atom is -0.472 e. The first kappa shape index (κ1) is 31.7. The number of carbonyl (C=O) groups excluding carboxylic acids is 2. The van der Waals surface area contributed by atoms with Crippen LogP contribution in [0.15, 0.2) is 42.5 Å². The van der Waals surface area contributed by atoms with E-state index < -0.39 is 11.8 Å². The number of fused-ring (bicyclic) bond motifs is 5. The molecule has 1 amide bonds. The Hall–Kier alpha value is -3.57. The number of esters is 1. The Labute approximate surface area is 288 Å². The lowest BCUT2D eigenvalue weighted by Crippen LogP contribution is -2.46. The summed E-state index contributed by atoms with van der Waals surface area (Å²) in [6.45, 7) is 1.19. The third kappa shape index (κ3) is 5.28. The van der Waals surface area contributed by atoms with Crippen molar-refractivity contribution >= 4 is 46.5 Å². The highest BCUT2D eigenvalue weighted by Crippen LogP contribution is 2.45. The van der Waals surface area contributed by atoms with Crippen molar-refractivity contribution in [3.05, 3.63) is 75.0 Å². The number of rotatable bonds is 5. The predicted octanol–water partition coefficient (Wildman–Crippen LogP) is 6.44. The van der Waals surface area contributed by atoms with Gasteiger partial charge in [0.2, 0.25) is 0 Å². The van der Waals surface area contributed by atoms with Gasteiger partial charge in [-0.2, -0.15) is 0 Å². The van der Waals surface area contributed by atoms with Crippen molar-refractivity contribution in [3.8, 4) is 16.9 Å². The van der Waals surface area contributed by atoms with E-state index in [1.807, 2.05) is 6.07 Å². The highest BCUT2D eigenvalue weighted by molar-refractivity contribution is 6.40. The highest BCUT2D eigenvalue weighted by Gasteiger charge is 2.42. The van der Waals surface area contributed by atoms with Gasteiger partial charge < -0.3 is 34.0 Å². The van der Waals surface area contributed by atoms with Gasteiger partial charge in [0.25, 0.3) is 5.91 Å². The maximum absolute atomic E-state index is 15.9. The number of anilines is 2. The summed E-state index contributed by atoms with van der Waals surface area (Å²) >= 11 is 13.5. The summed E-state index contributed by atoms with van der Waals surface area (Å²) in [6.07, 6.45) is 4.95. The van der Waals surface area contributed by atoms with Crippen molar-refractivity contribution in [2.24, 2.45) is 0 Å². The second kappa shape index (κ2) is 12.4. The standard InChI is InChI=1S/C36H36Cl2FN3O6/c1-46-36(45)28-13-31(39)27(14-32(28)42-22-7-8-23(42)17-47-16-22)26-4-2-3-19-15-40(18-48-34(19)26)35(44)33-29(37)11-24(12-30(33)38)41-20-5-6-21(41)10-25(43)9-20/h2-4,11-14,20-23,25,43H,5-10,15-18H2,1H3. The van der Waals surface area contributed by atoms with Crippen molar-refractivity contribution < 1.29 is 33.3 Å². The molecule has 3 aromatic carbocycles. The number of ether oxygens (including phenoxy) is 3. The molecule has 3 aromatic rings. The molecular weight excluding hydrogens is 660 g/mol. The summed E-state index contributed by atoms with van der Waals surface area (Å²) in [4.78, 5) is 32.7. The molecule has 8 rings (SSSR count). The van der Waals surface area contributed by atoms with Gasteiger partial charge in [0.15, 0.2) is 6.73 Å². The minimum atomic E-state index is -0.603. The van der Waals surface area contributed by atoms with Crippen LogP contribution in [0.4, 0.5) is 15.8 Å². The molecule has 5 heterocycles. The SMILES string of the molecule is COC(=O)c1cc(F)c(-c2cccc3c2OCN(C(=O)c2c(Cl)cc(N4C5CCC4CC(O)C5)cc2Cl)C3)cc1N1C2CCC1COC2. The van der Waals surface area contributed by atoms with Gasteiger partial charge in [-0.3, -0.25) is 4.79 Å². The number of aliphatic hydroxyl groups excluding tert-OH is 1. The number of piperidine rings is 1. The summed E-state index contributed by atoms with van der Waals surface area (Å²) in [5, 5.41) is 10.7. The predicted molar refractivity (Wildman–Crippen MR) is 180 cm³/mol. The molecule has 12 heteroatoms. The number of hydrogen-bond donors (Lipinski definition) is 1. The number of methoxy groups -OCH3 is 1. The van der Waals surface area contributed by atoms with Gasteiger partial charge in [-0.05, 0) is 62.8 Å². The van der Waals surface area contributed by atoms with E-state index in [0.717, 1.165) is 31.4 Å². The quantitative estimate of drug-likeness (QED) is 0.305. The molecule has 48 heavy (non-hydrogen) atoms. The molecule has 4 unspecified atom stereocenters. The molecule has 0 radical (unpaired) electrons. The number of carbonyl (C=O) groups is 2. The molecule has 1 N–H and O–H groups in total. The summed E-state index contributed by atoms with van der Waals surface area (Å²) < 4.78 is 32.9. The number of hydrogen-bond acceptors (Lipinski definition) is 8. The van der Waals surface area contributed by atoms with Gasteiger partial charge in [0.05, 0.1) is 71.9 Å². The summed E-state index contributed by atoms with van der Waals surface area (Å²) in [7, 11) is 1.29. The van der Waals surface area contributed by atoms with E-state index in [4.69, 9.17) is 37.4 Å². The smallest absolute Gasteiger partial charge is 0.340 e. The lowest BCUT2D eigenvalue weighted by molar-refractivity contribution is 0.0515. The molecule has 4 fully saturated rings. The molecular formula is C36H36Cl2FN3O6. The molecule has 4 atom stereocenters. The van der Waals surface area contributed by atoms with Crippen LogP contribution in [-0.4, -0.2) is 79.2 Å². The first-order valence-corrected chi connectivity index (χ1v) is 17.2. The number of halogens is 3. The molecule has 9 nitrogen and oxygen atoms in total. The third-order valence-electron chi connectivity index (χ3n) is 10.7. The van der Waals surface area contributed by atoms with Crippen LogP contribution in [0.25, 0.3) is 11.1 Å². The lowest BCUT2D eigenvalue weighted by Gasteiger charge is -2.39. The molecule has 0 saturated carbocycles. The average Bonchev–Trinajstić information content (AvgIpc) is 3.49. The van der Waals surface area contributed by atoms with E-state index in [1.165, 1.54) is 18.1 Å². The van der Waals surface area contributed by atoms with E-state index in [1.54, 1.807) is 30.3 Å². The minimum absolute atomic E-state index is 0.0848. The zero-order valence-corrected chi connectivity index (χ0v) is 28.0. The first-order valence-electron chi connectivity index (χ1n) is 16.5. The number of benzene rings is 3. The van der Waals surface area contributed by atoms with Crippen molar-refractivity contribution in [3.63, 3.8) is 0 Å². The Balaban J connectivity index is 1.08. The largest absolute Gasteiger partial charge is 0.472 e. The second-order valence-corrected chi connectivity index (χ2v) is 14.3. The van der Waals surface area contributed by atoms with Crippen LogP contribution >= 0.6 is 23.2 Å². The number of nitrogens with zero attached hydrogens (tertiary/aromatic N) is 3. The Bertz CT molecular complexity index is 1750. The van der Waals surface area contributed by atoms with Crippen molar-refractivity contribution in [1.29, 1.82) is 0 Å². The highest BCUT2D eigenvalue weighted by atomic mass is 35.5. The zero-order chi connectivity index (χ0) is 33.3. The van der Waals surface area contributed by atoms with Gasteiger partial charge in [-0.25, -0.2) is 9.18 Å². The summed E-state index contributed by atoms with van der Waals surface area (Å²) in [5.41, 5.74) is 3.35. The Morgan fingerprint density at radius 3 is 2.25 bits per heavy atom. The monoisotopic (exact) mass is 695 g/mol. The zero-order valence-electron chi connectivity index (χ0n) is 26.5. The Kier molecular flexibility index (Phi) is 8.18. The van der Waals surface area contributed by atoms with Gasteiger partial charge in [0.1, 0.15) is 11.6 Å². The van der Waals surface area contributed by atoms with Gasteiger partial charge in [-0.1, -0.05) is 41.4 Å². The van der Waals surface area contributed by atoms with E-state index in [-0.39, 0.29) is 70.6 Å². The molecule has 5 aliphatic rings. The van der Waals surface area contributed by atoms with Crippen LogP contribution in [0.5, 0.6) is 5.75 Å².